The third kappa shape index (κ3) is 3.51. The predicted octanol–water partition coefficient (Wildman–Crippen LogP) is 4.45. The number of hydrogen-bond acceptors (Lipinski definition) is 4. The Morgan fingerprint density at radius 2 is 2.00 bits per heavy atom. The van der Waals surface area contributed by atoms with Crippen LogP contribution in [0.5, 0.6) is 0 Å². The zero-order valence-corrected chi connectivity index (χ0v) is 14.9. The van der Waals surface area contributed by atoms with Crippen molar-refractivity contribution in [3.8, 4) is 11.4 Å². The van der Waals surface area contributed by atoms with Gasteiger partial charge in [0.25, 0.3) is 0 Å². The summed E-state index contributed by atoms with van der Waals surface area (Å²) < 4.78 is 2.06. The van der Waals surface area contributed by atoms with Crippen molar-refractivity contribution in [2.75, 3.05) is 11.6 Å². The molecule has 3 aromatic rings. The van der Waals surface area contributed by atoms with Crippen LogP contribution in [0.3, 0.4) is 0 Å². The van der Waals surface area contributed by atoms with E-state index in [9.17, 15) is 0 Å². The van der Waals surface area contributed by atoms with Crippen LogP contribution in [0, 0.1) is 6.92 Å². The van der Waals surface area contributed by atoms with E-state index in [-0.39, 0.29) is 0 Å². The molecule has 0 aliphatic rings. The molecule has 0 atom stereocenters. The van der Waals surface area contributed by atoms with Crippen molar-refractivity contribution in [1.82, 2.24) is 19.7 Å². The molecule has 0 amide bonds. The van der Waals surface area contributed by atoms with Gasteiger partial charge in [0.15, 0.2) is 11.0 Å². The average Bonchev–Trinajstić information content (AvgIpc) is 2.91. The molecule has 0 saturated heterocycles. The molecule has 0 fully saturated rings. The van der Waals surface area contributed by atoms with E-state index in [2.05, 4.69) is 31.9 Å². The molecule has 0 spiro atoms. The van der Waals surface area contributed by atoms with Gasteiger partial charge in [-0.05, 0) is 31.9 Å². The van der Waals surface area contributed by atoms with Gasteiger partial charge in [-0.15, -0.1) is 21.8 Å². The Balaban J connectivity index is 1.92. The quantitative estimate of drug-likeness (QED) is 0.376. The van der Waals surface area contributed by atoms with Crippen LogP contribution in [0.4, 0.5) is 0 Å². The Labute approximate surface area is 145 Å². The molecular weight excluding hydrogens is 328 g/mol. The molecule has 1 aromatic carbocycles. The summed E-state index contributed by atoms with van der Waals surface area (Å²) in [6, 6.07) is 10.3. The minimum Gasteiger partial charge on any atom is -0.305 e. The average molecular weight is 347 g/mol. The predicted molar refractivity (Wildman–Crippen MR) is 97.2 cm³/mol. The number of aryl methyl sites for hydroxylation is 1. The number of aromatic nitrogens is 4. The second-order valence-electron chi connectivity index (χ2n) is 5.43. The second kappa shape index (κ2) is 7.32. The second-order valence-corrected chi connectivity index (χ2v) is 6.87. The maximum absolute atomic E-state index is 5.72. The summed E-state index contributed by atoms with van der Waals surface area (Å²) in [5, 5.41) is 10.8. The molecule has 120 valence electrons. The molecule has 0 aliphatic heterocycles. The first kappa shape index (κ1) is 16.3. The summed E-state index contributed by atoms with van der Waals surface area (Å²) in [4.78, 5) is 4.59. The highest BCUT2D eigenvalue weighted by molar-refractivity contribution is 7.99. The van der Waals surface area contributed by atoms with Gasteiger partial charge in [0.05, 0.1) is 5.52 Å². The van der Waals surface area contributed by atoms with Gasteiger partial charge in [0.2, 0.25) is 0 Å². The smallest absolute Gasteiger partial charge is 0.191 e. The van der Waals surface area contributed by atoms with E-state index in [0.717, 1.165) is 51.7 Å². The monoisotopic (exact) mass is 346 g/mol. The van der Waals surface area contributed by atoms with Crippen molar-refractivity contribution < 1.29 is 0 Å². The molecule has 0 aliphatic carbocycles. The van der Waals surface area contributed by atoms with E-state index >= 15 is 0 Å². The summed E-state index contributed by atoms with van der Waals surface area (Å²) in [6.45, 7) is 2.00. The highest BCUT2D eigenvalue weighted by Gasteiger charge is 2.13. The van der Waals surface area contributed by atoms with Crippen molar-refractivity contribution in [2.45, 2.75) is 24.9 Å². The van der Waals surface area contributed by atoms with Gasteiger partial charge in [0.1, 0.15) is 0 Å². The summed E-state index contributed by atoms with van der Waals surface area (Å²) >= 11 is 7.44. The van der Waals surface area contributed by atoms with Gasteiger partial charge in [0, 0.05) is 35.3 Å². The number of alkyl halides is 1. The largest absolute Gasteiger partial charge is 0.305 e. The first-order chi connectivity index (χ1) is 11.2. The van der Waals surface area contributed by atoms with E-state index in [1.54, 1.807) is 11.8 Å². The molecule has 2 aromatic heterocycles. The number of hydrogen-bond donors (Lipinski definition) is 0. The number of unbranched alkanes of at least 4 members (excludes halogenated alkanes) is 1. The van der Waals surface area contributed by atoms with Crippen LogP contribution in [0.25, 0.3) is 22.3 Å². The zero-order valence-electron chi connectivity index (χ0n) is 13.3. The minimum absolute atomic E-state index is 0.715. The van der Waals surface area contributed by atoms with Gasteiger partial charge >= 0.3 is 0 Å². The normalized spacial score (nSPS) is 11.3. The molecular formula is C17H19ClN4S. The SMILES string of the molecule is Cc1ccc2c(-c3nnc(SCCCCCl)n3C)cccc2n1. The third-order valence-electron chi connectivity index (χ3n) is 3.71. The van der Waals surface area contributed by atoms with Gasteiger partial charge in [-0.1, -0.05) is 30.0 Å². The van der Waals surface area contributed by atoms with Crippen molar-refractivity contribution in [3.05, 3.63) is 36.0 Å². The van der Waals surface area contributed by atoms with Gasteiger partial charge in [-0.2, -0.15) is 0 Å². The van der Waals surface area contributed by atoms with E-state index in [0.29, 0.717) is 5.88 Å². The van der Waals surface area contributed by atoms with E-state index in [1.807, 2.05) is 32.2 Å². The van der Waals surface area contributed by atoms with Crippen LogP contribution in [-0.4, -0.2) is 31.4 Å². The topological polar surface area (TPSA) is 43.6 Å². The maximum Gasteiger partial charge on any atom is 0.191 e. The lowest BCUT2D eigenvalue weighted by Gasteiger charge is -2.07. The number of thioether (sulfide) groups is 1. The molecule has 0 N–H and O–H groups in total. The highest BCUT2D eigenvalue weighted by Crippen LogP contribution is 2.29. The molecule has 0 unspecified atom stereocenters. The van der Waals surface area contributed by atoms with E-state index in [4.69, 9.17) is 11.6 Å². The number of halogens is 1. The highest BCUT2D eigenvalue weighted by atomic mass is 35.5. The summed E-state index contributed by atoms with van der Waals surface area (Å²) in [5.74, 6) is 2.60. The zero-order chi connectivity index (χ0) is 16.2. The molecule has 0 saturated carbocycles. The number of fused-ring (bicyclic) bond motifs is 1. The van der Waals surface area contributed by atoms with Crippen molar-refractivity contribution in [2.24, 2.45) is 7.05 Å². The van der Waals surface area contributed by atoms with Crippen LogP contribution < -0.4 is 0 Å². The molecule has 0 bridgehead atoms. The van der Waals surface area contributed by atoms with E-state index in [1.165, 1.54) is 0 Å². The lowest BCUT2D eigenvalue weighted by molar-refractivity contribution is 0.791. The Bertz CT molecular complexity index is 815. The molecule has 4 nitrogen and oxygen atoms in total. The van der Waals surface area contributed by atoms with Crippen LogP contribution in [-0.2, 0) is 7.05 Å². The maximum atomic E-state index is 5.72. The van der Waals surface area contributed by atoms with Crippen LogP contribution in [0.2, 0.25) is 0 Å². The first-order valence-electron chi connectivity index (χ1n) is 7.65. The fraction of sp³-hybridized carbons (Fsp3) is 0.353. The lowest BCUT2D eigenvalue weighted by atomic mass is 10.1. The minimum atomic E-state index is 0.715. The fourth-order valence-electron chi connectivity index (χ4n) is 2.49. The Morgan fingerprint density at radius 3 is 2.83 bits per heavy atom. The summed E-state index contributed by atoms with van der Waals surface area (Å²) in [6.07, 6.45) is 2.13. The molecule has 3 rings (SSSR count). The van der Waals surface area contributed by atoms with Crippen molar-refractivity contribution >= 4 is 34.3 Å². The Morgan fingerprint density at radius 1 is 1.13 bits per heavy atom. The summed E-state index contributed by atoms with van der Waals surface area (Å²) in [5.41, 5.74) is 3.07. The van der Waals surface area contributed by atoms with Gasteiger partial charge in [-0.25, -0.2) is 0 Å². The number of nitrogens with zero attached hydrogens (tertiary/aromatic N) is 4. The Kier molecular flexibility index (Phi) is 5.18. The van der Waals surface area contributed by atoms with Crippen LogP contribution in [0.1, 0.15) is 18.5 Å². The van der Waals surface area contributed by atoms with Crippen molar-refractivity contribution in [1.29, 1.82) is 0 Å². The van der Waals surface area contributed by atoms with Gasteiger partial charge in [-0.3, -0.25) is 4.98 Å². The first-order valence-corrected chi connectivity index (χ1v) is 9.17. The van der Waals surface area contributed by atoms with Crippen LogP contribution in [0.15, 0.2) is 35.5 Å². The fourth-order valence-corrected chi connectivity index (χ4v) is 3.59. The Hall–Kier alpha value is -1.59. The van der Waals surface area contributed by atoms with Crippen LogP contribution >= 0.6 is 23.4 Å². The number of pyridine rings is 1. The third-order valence-corrected chi connectivity index (χ3v) is 5.08. The van der Waals surface area contributed by atoms with E-state index < -0.39 is 0 Å². The standard InChI is InChI=1S/C17H19ClN4S/c1-12-8-9-13-14(6-5-7-15(13)19-12)16-20-21-17(22(16)2)23-11-4-3-10-18/h5-9H,3-4,10-11H2,1-2H3. The number of rotatable bonds is 6. The van der Waals surface area contributed by atoms with Crippen molar-refractivity contribution in [3.63, 3.8) is 0 Å². The molecule has 0 radical (unpaired) electrons. The molecule has 2 heterocycles. The molecule has 23 heavy (non-hydrogen) atoms. The lowest BCUT2D eigenvalue weighted by Crippen LogP contribution is -1.96. The molecule has 6 heteroatoms. The number of benzene rings is 1. The van der Waals surface area contributed by atoms with Gasteiger partial charge < -0.3 is 4.57 Å². The summed E-state index contributed by atoms with van der Waals surface area (Å²) in [7, 11) is 2.01.